The van der Waals surface area contributed by atoms with Gasteiger partial charge in [-0.25, -0.2) is 0 Å². The van der Waals surface area contributed by atoms with Crippen molar-refractivity contribution in [3.8, 4) is 0 Å². The lowest BCUT2D eigenvalue weighted by atomic mass is 10.2. The van der Waals surface area contributed by atoms with Crippen molar-refractivity contribution < 1.29 is 5.11 Å². The van der Waals surface area contributed by atoms with Gasteiger partial charge in [-0.05, 0) is 32.2 Å². The van der Waals surface area contributed by atoms with E-state index in [0.717, 1.165) is 25.8 Å². The van der Waals surface area contributed by atoms with E-state index in [1.165, 1.54) is 6.42 Å². The molecular weight excluding hydrogens is 150 g/mol. The first-order valence-electron chi connectivity index (χ1n) is 5.26. The van der Waals surface area contributed by atoms with Gasteiger partial charge in [0.05, 0.1) is 6.10 Å². The van der Waals surface area contributed by atoms with E-state index in [-0.39, 0.29) is 6.10 Å². The van der Waals surface area contributed by atoms with E-state index in [4.69, 9.17) is 0 Å². The topological polar surface area (TPSA) is 32.3 Å². The maximum absolute atomic E-state index is 9.35. The maximum Gasteiger partial charge on any atom is 0.0693 e. The summed E-state index contributed by atoms with van der Waals surface area (Å²) in [5.41, 5.74) is 0. The van der Waals surface area contributed by atoms with Crippen molar-refractivity contribution in [1.29, 1.82) is 0 Å². The van der Waals surface area contributed by atoms with Gasteiger partial charge in [-0.1, -0.05) is 20.8 Å². The Morgan fingerprint density at radius 1 is 1.33 bits per heavy atom. The van der Waals surface area contributed by atoms with Gasteiger partial charge in [0.15, 0.2) is 0 Å². The van der Waals surface area contributed by atoms with Crippen molar-refractivity contribution in [3.05, 3.63) is 0 Å². The van der Waals surface area contributed by atoms with E-state index in [1.54, 1.807) is 0 Å². The summed E-state index contributed by atoms with van der Waals surface area (Å²) in [5.74, 6) is 0. The normalized spacial score (nSPS) is 28.0. The van der Waals surface area contributed by atoms with Gasteiger partial charge >= 0.3 is 0 Å². The number of hydrogen-bond donors (Lipinski definition) is 2. The summed E-state index contributed by atoms with van der Waals surface area (Å²) in [4.78, 5) is 0. The molecule has 0 aromatic heterocycles. The zero-order valence-electron chi connectivity index (χ0n) is 8.64. The van der Waals surface area contributed by atoms with Crippen molar-refractivity contribution in [2.75, 3.05) is 6.54 Å². The molecule has 0 aliphatic heterocycles. The van der Waals surface area contributed by atoms with Gasteiger partial charge < -0.3 is 10.4 Å². The van der Waals surface area contributed by atoms with Crippen LogP contribution in [0.1, 0.15) is 46.5 Å². The zero-order chi connectivity index (χ0) is 9.40. The molecule has 1 fully saturated rings. The first-order valence-corrected chi connectivity index (χ1v) is 5.26. The lowest BCUT2D eigenvalue weighted by molar-refractivity contribution is 0.149. The summed E-state index contributed by atoms with van der Waals surface area (Å²) in [6.07, 6.45) is 4.40. The SMILES string of the molecule is CC.CCCNC1CCCC1O. The molecule has 2 N–H and O–H groups in total. The number of aliphatic hydroxyl groups excluding tert-OH is 1. The van der Waals surface area contributed by atoms with E-state index in [9.17, 15) is 5.11 Å². The summed E-state index contributed by atoms with van der Waals surface area (Å²) in [7, 11) is 0. The van der Waals surface area contributed by atoms with Crippen LogP contribution < -0.4 is 5.32 Å². The highest BCUT2D eigenvalue weighted by atomic mass is 16.3. The molecule has 0 bridgehead atoms. The summed E-state index contributed by atoms with van der Waals surface area (Å²) >= 11 is 0. The summed E-state index contributed by atoms with van der Waals surface area (Å²) < 4.78 is 0. The zero-order valence-corrected chi connectivity index (χ0v) is 8.64. The van der Waals surface area contributed by atoms with Crippen molar-refractivity contribution >= 4 is 0 Å². The third-order valence-corrected chi connectivity index (χ3v) is 2.14. The number of hydrogen-bond acceptors (Lipinski definition) is 2. The molecule has 1 aliphatic rings. The van der Waals surface area contributed by atoms with Gasteiger partial charge in [0.1, 0.15) is 0 Å². The van der Waals surface area contributed by atoms with Gasteiger partial charge in [-0.15, -0.1) is 0 Å². The third kappa shape index (κ3) is 4.07. The number of rotatable bonds is 3. The molecule has 0 saturated heterocycles. The number of nitrogens with one attached hydrogen (secondary N) is 1. The lowest BCUT2D eigenvalue weighted by Gasteiger charge is -2.15. The van der Waals surface area contributed by atoms with Crippen LogP contribution in [0.3, 0.4) is 0 Å². The molecule has 2 atom stereocenters. The first kappa shape index (κ1) is 11.9. The molecule has 0 spiro atoms. The Morgan fingerprint density at radius 3 is 2.42 bits per heavy atom. The molecule has 2 heteroatoms. The summed E-state index contributed by atoms with van der Waals surface area (Å²) in [5, 5.41) is 12.7. The Hall–Kier alpha value is -0.0800. The quantitative estimate of drug-likeness (QED) is 0.683. The van der Waals surface area contributed by atoms with E-state index in [1.807, 2.05) is 13.8 Å². The van der Waals surface area contributed by atoms with Gasteiger partial charge in [0.2, 0.25) is 0 Å². The Morgan fingerprint density at radius 2 is 2.00 bits per heavy atom. The van der Waals surface area contributed by atoms with Crippen LogP contribution in [0, 0.1) is 0 Å². The molecule has 74 valence electrons. The largest absolute Gasteiger partial charge is 0.392 e. The van der Waals surface area contributed by atoms with Gasteiger partial charge in [0.25, 0.3) is 0 Å². The van der Waals surface area contributed by atoms with Crippen LogP contribution in [0.4, 0.5) is 0 Å². The minimum atomic E-state index is -0.0773. The molecule has 0 radical (unpaired) electrons. The van der Waals surface area contributed by atoms with Crippen LogP contribution in [0.25, 0.3) is 0 Å². The minimum absolute atomic E-state index is 0.0773. The predicted octanol–water partition coefficient (Wildman–Crippen LogP) is 1.93. The third-order valence-electron chi connectivity index (χ3n) is 2.14. The van der Waals surface area contributed by atoms with Crippen molar-refractivity contribution in [2.24, 2.45) is 0 Å². The Labute approximate surface area is 76.4 Å². The van der Waals surface area contributed by atoms with Crippen LogP contribution in [-0.4, -0.2) is 23.8 Å². The highest BCUT2D eigenvalue weighted by Crippen LogP contribution is 2.18. The second kappa shape index (κ2) is 7.56. The molecule has 2 nitrogen and oxygen atoms in total. The van der Waals surface area contributed by atoms with E-state index in [2.05, 4.69) is 12.2 Å². The fourth-order valence-electron chi connectivity index (χ4n) is 1.51. The molecular formula is C10H23NO. The van der Waals surface area contributed by atoms with Crippen molar-refractivity contribution in [3.63, 3.8) is 0 Å². The molecule has 0 aromatic carbocycles. The van der Waals surface area contributed by atoms with Crippen LogP contribution in [0.2, 0.25) is 0 Å². The van der Waals surface area contributed by atoms with Gasteiger partial charge in [0, 0.05) is 6.04 Å². The van der Waals surface area contributed by atoms with Crippen molar-refractivity contribution in [1.82, 2.24) is 5.32 Å². The summed E-state index contributed by atoms with van der Waals surface area (Å²) in [6, 6.07) is 0.389. The molecule has 0 heterocycles. The highest BCUT2D eigenvalue weighted by Gasteiger charge is 2.23. The molecule has 1 aliphatic carbocycles. The number of aliphatic hydroxyl groups is 1. The average molecular weight is 173 g/mol. The van der Waals surface area contributed by atoms with E-state index < -0.39 is 0 Å². The standard InChI is InChI=1S/C8H17NO.C2H6/c1-2-6-9-7-4-3-5-8(7)10;1-2/h7-10H,2-6H2,1H3;1-2H3. The molecule has 1 rings (SSSR count). The monoisotopic (exact) mass is 173 g/mol. The van der Waals surface area contributed by atoms with E-state index in [0.29, 0.717) is 6.04 Å². The van der Waals surface area contributed by atoms with Gasteiger partial charge in [-0.2, -0.15) is 0 Å². The Bertz CT molecular complexity index is 95.8. The molecule has 0 aromatic rings. The molecule has 2 unspecified atom stereocenters. The van der Waals surface area contributed by atoms with Crippen LogP contribution in [0.15, 0.2) is 0 Å². The Balaban J connectivity index is 0.000000561. The van der Waals surface area contributed by atoms with Gasteiger partial charge in [-0.3, -0.25) is 0 Å². The second-order valence-corrected chi connectivity index (χ2v) is 3.06. The van der Waals surface area contributed by atoms with E-state index >= 15 is 0 Å². The highest BCUT2D eigenvalue weighted by molar-refractivity contribution is 4.81. The first-order chi connectivity index (χ1) is 5.84. The summed E-state index contributed by atoms with van der Waals surface area (Å²) in [6.45, 7) is 7.19. The lowest BCUT2D eigenvalue weighted by Crippen LogP contribution is -2.35. The molecule has 12 heavy (non-hydrogen) atoms. The van der Waals surface area contributed by atoms with Crippen LogP contribution in [0.5, 0.6) is 0 Å². The smallest absolute Gasteiger partial charge is 0.0693 e. The predicted molar refractivity (Wildman–Crippen MR) is 53.3 cm³/mol. The maximum atomic E-state index is 9.35. The second-order valence-electron chi connectivity index (χ2n) is 3.06. The van der Waals surface area contributed by atoms with Crippen LogP contribution >= 0.6 is 0 Å². The average Bonchev–Trinajstić information content (AvgIpc) is 2.51. The van der Waals surface area contributed by atoms with Crippen LogP contribution in [-0.2, 0) is 0 Å². The fourth-order valence-corrected chi connectivity index (χ4v) is 1.51. The molecule has 1 saturated carbocycles. The fraction of sp³-hybridized carbons (Fsp3) is 1.00. The molecule has 0 amide bonds. The van der Waals surface area contributed by atoms with Crippen molar-refractivity contribution in [2.45, 2.75) is 58.6 Å². The minimum Gasteiger partial charge on any atom is -0.392 e. The Kier molecular flexibility index (Phi) is 7.51.